The number of aromatic amines is 1. The maximum Gasteiger partial charge on any atom is 0.182 e. The number of hydrogen-bond acceptors (Lipinski definition) is 3. The highest BCUT2D eigenvalue weighted by molar-refractivity contribution is 6.33. The van der Waals surface area contributed by atoms with E-state index in [2.05, 4.69) is 15.2 Å². The van der Waals surface area contributed by atoms with Crippen molar-refractivity contribution in [1.29, 1.82) is 0 Å². The molecule has 0 atom stereocenters. The van der Waals surface area contributed by atoms with Crippen LogP contribution in [0.25, 0.3) is 11.4 Å². The number of H-pyrrole nitrogens is 1. The van der Waals surface area contributed by atoms with Gasteiger partial charge in [0.15, 0.2) is 5.82 Å². The molecular formula is C11H13ClN4. The molecule has 0 saturated heterocycles. The first-order chi connectivity index (χ1) is 7.58. The smallest absolute Gasteiger partial charge is 0.182 e. The van der Waals surface area contributed by atoms with Gasteiger partial charge in [-0.25, -0.2) is 4.98 Å². The van der Waals surface area contributed by atoms with Crippen molar-refractivity contribution in [3.8, 4) is 11.4 Å². The van der Waals surface area contributed by atoms with E-state index < -0.39 is 0 Å². The number of nitrogen functional groups attached to an aromatic ring is 1. The molecule has 4 nitrogen and oxygen atoms in total. The van der Waals surface area contributed by atoms with Crippen molar-refractivity contribution in [1.82, 2.24) is 15.2 Å². The van der Waals surface area contributed by atoms with Crippen molar-refractivity contribution < 1.29 is 0 Å². The number of nitrogens with two attached hydrogens (primary N) is 1. The molecule has 0 saturated carbocycles. The molecule has 0 amide bonds. The van der Waals surface area contributed by atoms with Gasteiger partial charge in [-0.3, -0.25) is 5.10 Å². The summed E-state index contributed by atoms with van der Waals surface area (Å²) in [5, 5.41) is 7.62. The summed E-state index contributed by atoms with van der Waals surface area (Å²) >= 11 is 6.07. The lowest BCUT2D eigenvalue weighted by molar-refractivity contribution is 0.781. The predicted molar refractivity (Wildman–Crippen MR) is 65.3 cm³/mol. The summed E-state index contributed by atoms with van der Waals surface area (Å²) in [6, 6.07) is 5.27. The third-order valence-electron chi connectivity index (χ3n) is 2.28. The molecule has 0 fully saturated rings. The molecule has 0 bridgehead atoms. The minimum atomic E-state index is 0.307. The molecule has 0 spiro atoms. The molecule has 0 unspecified atom stereocenters. The van der Waals surface area contributed by atoms with Crippen LogP contribution in [0.15, 0.2) is 18.2 Å². The average molecular weight is 237 g/mol. The molecule has 1 heterocycles. The zero-order valence-electron chi connectivity index (χ0n) is 9.16. The van der Waals surface area contributed by atoms with Gasteiger partial charge in [0.25, 0.3) is 0 Å². The molecule has 2 aromatic rings. The lowest BCUT2D eigenvalue weighted by atomic mass is 10.2. The van der Waals surface area contributed by atoms with Gasteiger partial charge in [0, 0.05) is 17.2 Å². The second kappa shape index (κ2) is 4.14. The number of nitrogens with one attached hydrogen (secondary N) is 1. The van der Waals surface area contributed by atoms with Gasteiger partial charge < -0.3 is 5.73 Å². The number of halogens is 1. The Morgan fingerprint density at radius 2 is 2.12 bits per heavy atom. The van der Waals surface area contributed by atoms with Gasteiger partial charge in [0.1, 0.15) is 5.82 Å². The quantitative estimate of drug-likeness (QED) is 0.788. The normalized spacial score (nSPS) is 11.0. The summed E-state index contributed by atoms with van der Waals surface area (Å²) in [5.74, 6) is 1.73. The Morgan fingerprint density at radius 1 is 1.38 bits per heavy atom. The lowest BCUT2D eigenvalue weighted by Gasteiger charge is -2.00. The first kappa shape index (κ1) is 11.0. The fourth-order valence-electron chi connectivity index (χ4n) is 1.37. The molecule has 16 heavy (non-hydrogen) atoms. The van der Waals surface area contributed by atoms with Crippen molar-refractivity contribution >= 4 is 17.3 Å². The first-order valence-corrected chi connectivity index (χ1v) is 5.43. The minimum Gasteiger partial charge on any atom is -0.399 e. The van der Waals surface area contributed by atoms with E-state index in [4.69, 9.17) is 17.3 Å². The van der Waals surface area contributed by atoms with Crippen molar-refractivity contribution in [3.63, 3.8) is 0 Å². The van der Waals surface area contributed by atoms with E-state index in [1.54, 1.807) is 18.2 Å². The van der Waals surface area contributed by atoms with Gasteiger partial charge in [-0.1, -0.05) is 25.4 Å². The number of anilines is 1. The molecule has 84 valence electrons. The predicted octanol–water partition coefficient (Wildman–Crippen LogP) is 2.83. The van der Waals surface area contributed by atoms with Crippen molar-refractivity contribution in [3.05, 3.63) is 29.0 Å². The number of aromatic nitrogens is 3. The third-order valence-corrected chi connectivity index (χ3v) is 2.61. The molecule has 2 rings (SSSR count). The van der Waals surface area contributed by atoms with Crippen LogP contribution in [0.2, 0.25) is 5.02 Å². The van der Waals surface area contributed by atoms with Crippen molar-refractivity contribution in [2.45, 2.75) is 19.8 Å². The molecule has 0 aliphatic heterocycles. The van der Waals surface area contributed by atoms with Crippen LogP contribution in [0.4, 0.5) is 5.69 Å². The summed E-state index contributed by atoms with van der Waals surface area (Å²) < 4.78 is 0. The maximum absolute atomic E-state index is 6.07. The van der Waals surface area contributed by atoms with Crippen LogP contribution in [-0.4, -0.2) is 15.2 Å². The van der Waals surface area contributed by atoms with Crippen LogP contribution in [0, 0.1) is 0 Å². The molecule has 0 aliphatic carbocycles. The molecule has 1 aromatic heterocycles. The van der Waals surface area contributed by atoms with Gasteiger partial charge in [-0.05, 0) is 18.2 Å². The summed E-state index contributed by atoms with van der Waals surface area (Å²) in [4.78, 5) is 4.38. The van der Waals surface area contributed by atoms with Crippen molar-refractivity contribution in [2.24, 2.45) is 0 Å². The Balaban J connectivity index is 2.46. The number of hydrogen-bond donors (Lipinski definition) is 2. The average Bonchev–Trinajstić information content (AvgIpc) is 2.70. The largest absolute Gasteiger partial charge is 0.399 e. The van der Waals surface area contributed by atoms with Gasteiger partial charge in [-0.15, -0.1) is 0 Å². The Bertz CT molecular complexity index is 504. The van der Waals surface area contributed by atoms with E-state index in [1.807, 2.05) is 13.8 Å². The summed E-state index contributed by atoms with van der Waals surface area (Å²) in [5.41, 5.74) is 7.11. The third kappa shape index (κ3) is 2.02. The standard InChI is InChI=1S/C11H13ClN4/c1-6(2)10-14-11(16-15-10)8-5-7(13)3-4-9(8)12/h3-6H,13H2,1-2H3,(H,14,15,16). The Labute approximate surface area is 98.8 Å². The van der Waals surface area contributed by atoms with E-state index >= 15 is 0 Å². The molecule has 1 aromatic carbocycles. The van der Waals surface area contributed by atoms with Crippen LogP contribution >= 0.6 is 11.6 Å². The van der Waals surface area contributed by atoms with E-state index in [9.17, 15) is 0 Å². The van der Waals surface area contributed by atoms with Gasteiger partial charge in [0.05, 0.1) is 5.02 Å². The molecule has 3 N–H and O–H groups in total. The van der Waals surface area contributed by atoms with Crippen LogP contribution in [0.3, 0.4) is 0 Å². The van der Waals surface area contributed by atoms with Gasteiger partial charge in [0.2, 0.25) is 0 Å². The lowest BCUT2D eigenvalue weighted by Crippen LogP contribution is -1.90. The SMILES string of the molecule is CC(C)c1nc(-c2cc(N)ccc2Cl)n[nH]1. The number of benzene rings is 1. The maximum atomic E-state index is 6.07. The van der Waals surface area contributed by atoms with E-state index in [0.29, 0.717) is 22.5 Å². The summed E-state index contributed by atoms with van der Waals surface area (Å²) in [7, 11) is 0. The molecular weight excluding hydrogens is 224 g/mol. The monoisotopic (exact) mass is 236 g/mol. The highest BCUT2D eigenvalue weighted by atomic mass is 35.5. The van der Waals surface area contributed by atoms with E-state index in [-0.39, 0.29) is 0 Å². The van der Waals surface area contributed by atoms with Gasteiger partial charge in [-0.2, -0.15) is 5.10 Å². The van der Waals surface area contributed by atoms with E-state index in [1.165, 1.54) is 0 Å². The molecule has 0 radical (unpaired) electrons. The van der Waals surface area contributed by atoms with Crippen LogP contribution in [0.5, 0.6) is 0 Å². The number of nitrogens with zero attached hydrogens (tertiary/aromatic N) is 2. The summed E-state index contributed by atoms with van der Waals surface area (Å²) in [6.45, 7) is 4.09. The molecule has 5 heteroatoms. The summed E-state index contributed by atoms with van der Waals surface area (Å²) in [6.07, 6.45) is 0. The van der Waals surface area contributed by atoms with E-state index in [0.717, 1.165) is 11.4 Å². The van der Waals surface area contributed by atoms with Crippen LogP contribution in [0.1, 0.15) is 25.6 Å². The highest BCUT2D eigenvalue weighted by Gasteiger charge is 2.11. The van der Waals surface area contributed by atoms with Crippen LogP contribution in [-0.2, 0) is 0 Å². The first-order valence-electron chi connectivity index (χ1n) is 5.05. The molecule has 0 aliphatic rings. The fourth-order valence-corrected chi connectivity index (χ4v) is 1.57. The topological polar surface area (TPSA) is 67.6 Å². The Morgan fingerprint density at radius 3 is 2.75 bits per heavy atom. The fraction of sp³-hybridized carbons (Fsp3) is 0.273. The number of rotatable bonds is 2. The van der Waals surface area contributed by atoms with Crippen molar-refractivity contribution in [2.75, 3.05) is 5.73 Å². The second-order valence-corrected chi connectivity index (χ2v) is 4.35. The van der Waals surface area contributed by atoms with Gasteiger partial charge >= 0.3 is 0 Å². The zero-order valence-corrected chi connectivity index (χ0v) is 9.92. The Hall–Kier alpha value is -1.55. The zero-order chi connectivity index (χ0) is 11.7. The Kier molecular flexibility index (Phi) is 2.83. The van der Waals surface area contributed by atoms with Crippen LogP contribution < -0.4 is 5.73 Å². The minimum absolute atomic E-state index is 0.307. The highest BCUT2D eigenvalue weighted by Crippen LogP contribution is 2.27. The second-order valence-electron chi connectivity index (χ2n) is 3.94.